The molecule has 0 spiro atoms. The first kappa shape index (κ1) is 10.0. The maximum atomic E-state index is 10.6. The van der Waals surface area contributed by atoms with E-state index in [1.54, 1.807) is 0 Å². The lowest BCUT2D eigenvalue weighted by atomic mass is 10.1. The molecule has 0 heterocycles. The fourth-order valence-corrected chi connectivity index (χ4v) is 1.18. The third-order valence-corrected chi connectivity index (χ3v) is 2.17. The highest BCUT2D eigenvalue weighted by Crippen LogP contribution is 2.25. The zero-order chi connectivity index (χ0) is 10.0. The first-order chi connectivity index (χ1) is 6.06. The van der Waals surface area contributed by atoms with Gasteiger partial charge in [0.2, 0.25) is 0 Å². The number of hydrogen-bond acceptors (Lipinski definition) is 2. The Morgan fingerprint density at radius 2 is 1.85 bits per heavy atom. The summed E-state index contributed by atoms with van der Waals surface area (Å²) in [5.41, 5.74) is -0.133. The number of aldehydes is 1. The van der Waals surface area contributed by atoms with Crippen molar-refractivity contribution in [3.05, 3.63) is 33.3 Å². The van der Waals surface area contributed by atoms with Crippen LogP contribution in [0.15, 0.2) is 12.1 Å². The van der Waals surface area contributed by atoms with Crippen molar-refractivity contribution in [3.63, 3.8) is 0 Å². The zero-order valence-electron chi connectivity index (χ0n) is 6.25. The van der Waals surface area contributed by atoms with Crippen molar-refractivity contribution < 1.29 is 14.7 Å². The standard InChI is InChI=1S/C8H4Cl2O3/c9-6-1-4(3-11)5(8(12)13)2-7(6)10/h1-3H,(H,12,13). The minimum atomic E-state index is -1.21. The van der Waals surface area contributed by atoms with E-state index in [0.29, 0.717) is 6.29 Å². The van der Waals surface area contributed by atoms with E-state index in [1.807, 2.05) is 0 Å². The molecule has 1 aromatic rings. The van der Waals surface area contributed by atoms with E-state index in [4.69, 9.17) is 28.3 Å². The van der Waals surface area contributed by atoms with Gasteiger partial charge in [-0.15, -0.1) is 0 Å². The molecule has 0 aliphatic heterocycles. The smallest absolute Gasteiger partial charge is 0.336 e. The summed E-state index contributed by atoms with van der Waals surface area (Å²) in [5.74, 6) is -1.21. The topological polar surface area (TPSA) is 54.4 Å². The van der Waals surface area contributed by atoms with Crippen LogP contribution in [0.5, 0.6) is 0 Å². The van der Waals surface area contributed by atoms with Gasteiger partial charge in [-0.2, -0.15) is 0 Å². The number of hydrogen-bond donors (Lipinski definition) is 1. The van der Waals surface area contributed by atoms with Crippen molar-refractivity contribution in [1.29, 1.82) is 0 Å². The quantitative estimate of drug-likeness (QED) is 0.777. The van der Waals surface area contributed by atoms with Crippen LogP contribution in [0.2, 0.25) is 10.0 Å². The van der Waals surface area contributed by atoms with E-state index in [0.717, 1.165) is 6.07 Å². The number of carbonyl (C=O) groups excluding carboxylic acids is 1. The van der Waals surface area contributed by atoms with Gasteiger partial charge in [0, 0.05) is 5.56 Å². The predicted octanol–water partition coefficient (Wildman–Crippen LogP) is 2.50. The van der Waals surface area contributed by atoms with Gasteiger partial charge in [0.05, 0.1) is 15.6 Å². The summed E-state index contributed by atoms with van der Waals surface area (Å²) in [7, 11) is 0. The molecule has 13 heavy (non-hydrogen) atoms. The first-order valence-corrected chi connectivity index (χ1v) is 3.99. The van der Waals surface area contributed by atoms with Crippen LogP contribution in [0.1, 0.15) is 20.7 Å². The van der Waals surface area contributed by atoms with Gasteiger partial charge in [-0.05, 0) is 12.1 Å². The number of halogens is 2. The largest absolute Gasteiger partial charge is 0.478 e. The summed E-state index contributed by atoms with van der Waals surface area (Å²) in [4.78, 5) is 21.0. The van der Waals surface area contributed by atoms with Gasteiger partial charge >= 0.3 is 5.97 Å². The molecule has 0 saturated heterocycles. The second-order valence-electron chi connectivity index (χ2n) is 2.28. The molecule has 0 radical (unpaired) electrons. The first-order valence-electron chi connectivity index (χ1n) is 3.23. The summed E-state index contributed by atoms with van der Waals surface area (Å²) in [6, 6.07) is 2.37. The van der Waals surface area contributed by atoms with Crippen LogP contribution in [0.25, 0.3) is 0 Å². The van der Waals surface area contributed by atoms with Crippen molar-refractivity contribution in [2.45, 2.75) is 0 Å². The normalized spacial score (nSPS) is 9.69. The highest BCUT2D eigenvalue weighted by molar-refractivity contribution is 6.42. The van der Waals surface area contributed by atoms with Crippen molar-refractivity contribution in [1.82, 2.24) is 0 Å². The minimum Gasteiger partial charge on any atom is -0.478 e. The Labute approximate surface area is 83.9 Å². The molecule has 0 aliphatic carbocycles. The maximum Gasteiger partial charge on any atom is 0.336 e. The van der Waals surface area contributed by atoms with Crippen LogP contribution in [-0.2, 0) is 0 Å². The molecular formula is C8H4Cl2O3. The van der Waals surface area contributed by atoms with Crippen molar-refractivity contribution in [2.75, 3.05) is 0 Å². The second-order valence-corrected chi connectivity index (χ2v) is 3.09. The summed E-state index contributed by atoms with van der Waals surface area (Å²) in [6.45, 7) is 0. The van der Waals surface area contributed by atoms with Gasteiger partial charge in [-0.3, -0.25) is 4.79 Å². The molecule has 0 aromatic heterocycles. The van der Waals surface area contributed by atoms with Crippen molar-refractivity contribution >= 4 is 35.5 Å². The maximum absolute atomic E-state index is 10.6. The number of aromatic carboxylic acids is 1. The van der Waals surface area contributed by atoms with E-state index < -0.39 is 5.97 Å². The number of carboxylic acids is 1. The van der Waals surface area contributed by atoms with E-state index >= 15 is 0 Å². The lowest BCUT2D eigenvalue weighted by Gasteiger charge is -2.01. The Hall–Kier alpha value is -1.06. The SMILES string of the molecule is O=Cc1cc(Cl)c(Cl)cc1C(=O)O. The Morgan fingerprint density at radius 1 is 1.31 bits per heavy atom. The molecule has 0 saturated carbocycles. The molecule has 68 valence electrons. The zero-order valence-corrected chi connectivity index (χ0v) is 7.76. The van der Waals surface area contributed by atoms with Crippen LogP contribution in [0.4, 0.5) is 0 Å². The van der Waals surface area contributed by atoms with Crippen molar-refractivity contribution in [3.8, 4) is 0 Å². The number of benzene rings is 1. The van der Waals surface area contributed by atoms with Crippen LogP contribution in [0.3, 0.4) is 0 Å². The van der Waals surface area contributed by atoms with Crippen LogP contribution in [-0.4, -0.2) is 17.4 Å². The van der Waals surface area contributed by atoms with E-state index in [9.17, 15) is 9.59 Å². The highest BCUT2D eigenvalue weighted by atomic mass is 35.5. The molecular weight excluding hydrogens is 215 g/mol. The molecule has 0 unspecified atom stereocenters. The van der Waals surface area contributed by atoms with Gasteiger partial charge in [0.25, 0.3) is 0 Å². The predicted molar refractivity (Wildman–Crippen MR) is 48.8 cm³/mol. The highest BCUT2D eigenvalue weighted by Gasteiger charge is 2.12. The molecule has 0 atom stereocenters. The second kappa shape index (κ2) is 3.77. The molecule has 0 bridgehead atoms. The van der Waals surface area contributed by atoms with Gasteiger partial charge in [-0.1, -0.05) is 23.2 Å². The molecule has 1 N–H and O–H groups in total. The van der Waals surface area contributed by atoms with Gasteiger partial charge in [0.15, 0.2) is 6.29 Å². The molecule has 5 heteroatoms. The van der Waals surface area contributed by atoms with Crippen LogP contribution >= 0.6 is 23.2 Å². The molecule has 0 amide bonds. The Bertz CT molecular complexity index is 374. The van der Waals surface area contributed by atoms with E-state index in [-0.39, 0.29) is 21.2 Å². The molecule has 3 nitrogen and oxygen atoms in total. The van der Waals surface area contributed by atoms with Gasteiger partial charge in [-0.25, -0.2) is 4.79 Å². The van der Waals surface area contributed by atoms with Gasteiger partial charge in [0.1, 0.15) is 0 Å². The van der Waals surface area contributed by atoms with Gasteiger partial charge < -0.3 is 5.11 Å². The van der Waals surface area contributed by atoms with Crippen LogP contribution < -0.4 is 0 Å². The average Bonchev–Trinajstić information content (AvgIpc) is 2.08. The fraction of sp³-hybridized carbons (Fsp3) is 0. The molecule has 1 rings (SSSR count). The number of carbonyl (C=O) groups is 2. The average molecular weight is 219 g/mol. The molecule has 0 fully saturated rings. The summed E-state index contributed by atoms with van der Waals surface area (Å²) in [6.07, 6.45) is 0.422. The number of carboxylic acid groups (broad SMARTS) is 1. The summed E-state index contributed by atoms with van der Waals surface area (Å²) >= 11 is 11.2. The lowest BCUT2D eigenvalue weighted by Crippen LogP contribution is -2.01. The van der Waals surface area contributed by atoms with Crippen molar-refractivity contribution in [2.24, 2.45) is 0 Å². The summed E-state index contributed by atoms with van der Waals surface area (Å²) in [5, 5.41) is 8.93. The Balaban J connectivity index is 3.41. The number of rotatable bonds is 2. The Morgan fingerprint density at radius 3 is 2.31 bits per heavy atom. The lowest BCUT2D eigenvalue weighted by molar-refractivity contribution is 0.0694. The molecule has 0 aliphatic rings. The Kier molecular flexibility index (Phi) is 2.90. The third-order valence-electron chi connectivity index (χ3n) is 1.45. The monoisotopic (exact) mass is 218 g/mol. The fourth-order valence-electron chi connectivity index (χ4n) is 0.845. The van der Waals surface area contributed by atoms with Crippen LogP contribution in [0, 0.1) is 0 Å². The third kappa shape index (κ3) is 1.99. The van der Waals surface area contributed by atoms with E-state index in [1.165, 1.54) is 6.07 Å². The minimum absolute atomic E-state index is 0.0156. The summed E-state index contributed by atoms with van der Waals surface area (Å²) < 4.78 is 0. The molecule has 1 aromatic carbocycles. The van der Waals surface area contributed by atoms with E-state index in [2.05, 4.69) is 0 Å².